The van der Waals surface area contributed by atoms with Crippen molar-refractivity contribution in [2.24, 2.45) is 5.92 Å². The number of carbonyl (C=O) groups is 1. The van der Waals surface area contributed by atoms with Crippen molar-refractivity contribution >= 4 is 5.78 Å². The molecule has 0 aliphatic heterocycles. The highest BCUT2D eigenvalue weighted by Crippen LogP contribution is 2.30. The quantitative estimate of drug-likeness (QED) is 0.826. The second kappa shape index (κ2) is 5.71. The van der Waals surface area contributed by atoms with Crippen molar-refractivity contribution in [3.05, 3.63) is 47.0 Å². The van der Waals surface area contributed by atoms with Crippen molar-refractivity contribution in [3.63, 3.8) is 0 Å². The molecule has 19 heavy (non-hydrogen) atoms. The lowest BCUT2D eigenvalue weighted by Crippen LogP contribution is -2.20. The highest BCUT2D eigenvalue weighted by Gasteiger charge is 2.26. The summed E-state index contributed by atoms with van der Waals surface area (Å²) in [5, 5.41) is 8.91. The van der Waals surface area contributed by atoms with Crippen molar-refractivity contribution < 1.29 is 9.21 Å². The standard InChI is InChI=1S/C16H17NO2/c1-11-9-13(10-17)16(18)12(2)15(11)7-3-5-14-6-4-8-19-14/h4,6,8-9,12H,3,5,7H2,1-2H3. The molecule has 0 radical (unpaired) electrons. The Labute approximate surface area is 113 Å². The van der Waals surface area contributed by atoms with Crippen molar-refractivity contribution in [2.45, 2.75) is 33.1 Å². The topological polar surface area (TPSA) is 54.0 Å². The van der Waals surface area contributed by atoms with Gasteiger partial charge in [0.05, 0.1) is 11.8 Å². The second-order valence-corrected chi connectivity index (χ2v) is 4.90. The van der Waals surface area contributed by atoms with Crippen LogP contribution in [0.3, 0.4) is 0 Å². The van der Waals surface area contributed by atoms with Gasteiger partial charge in [0.1, 0.15) is 11.8 Å². The molecule has 1 heterocycles. The van der Waals surface area contributed by atoms with Gasteiger partial charge in [-0.05, 0) is 43.5 Å². The monoisotopic (exact) mass is 255 g/mol. The van der Waals surface area contributed by atoms with Crippen molar-refractivity contribution in [3.8, 4) is 6.07 Å². The molecule has 1 aromatic rings. The summed E-state index contributed by atoms with van der Waals surface area (Å²) >= 11 is 0. The number of furan rings is 1. The number of carbonyl (C=O) groups excluding carboxylic acids is 1. The minimum atomic E-state index is -0.170. The summed E-state index contributed by atoms with van der Waals surface area (Å²) in [5.74, 6) is 0.749. The number of nitriles is 1. The molecule has 0 aromatic carbocycles. The molecule has 0 bridgehead atoms. The van der Waals surface area contributed by atoms with Gasteiger partial charge in [-0.2, -0.15) is 5.26 Å². The van der Waals surface area contributed by atoms with Crippen LogP contribution in [0.15, 0.2) is 45.6 Å². The van der Waals surface area contributed by atoms with E-state index in [-0.39, 0.29) is 17.3 Å². The first kappa shape index (κ1) is 13.4. The van der Waals surface area contributed by atoms with E-state index in [0.717, 1.165) is 36.2 Å². The van der Waals surface area contributed by atoms with Crippen LogP contribution >= 0.6 is 0 Å². The smallest absolute Gasteiger partial charge is 0.180 e. The zero-order valence-electron chi connectivity index (χ0n) is 11.3. The summed E-state index contributed by atoms with van der Waals surface area (Å²) in [6, 6.07) is 5.82. The van der Waals surface area contributed by atoms with Gasteiger partial charge in [-0.1, -0.05) is 12.5 Å². The Morgan fingerprint density at radius 1 is 1.42 bits per heavy atom. The van der Waals surface area contributed by atoms with E-state index in [1.165, 1.54) is 0 Å². The predicted octanol–water partition coefficient (Wildman–Crippen LogP) is 3.59. The van der Waals surface area contributed by atoms with Crippen LogP contribution in [-0.4, -0.2) is 5.78 Å². The number of ketones is 1. The summed E-state index contributed by atoms with van der Waals surface area (Å²) < 4.78 is 5.29. The molecule has 0 saturated heterocycles. The van der Waals surface area contributed by atoms with Crippen LogP contribution in [0.5, 0.6) is 0 Å². The van der Waals surface area contributed by atoms with Crippen LogP contribution in [-0.2, 0) is 11.2 Å². The molecule has 0 amide bonds. The lowest BCUT2D eigenvalue weighted by molar-refractivity contribution is -0.117. The van der Waals surface area contributed by atoms with E-state index in [2.05, 4.69) is 0 Å². The van der Waals surface area contributed by atoms with E-state index in [1.807, 2.05) is 32.0 Å². The van der Waals surface area contributed by atoms with Crippen molar-refractivity contribution in [1.29, 1.82) is 5.26 Å². The number of nitrogens with zero attached hydrogens (tertiary/aromatic N) is 1. The molecular formula is C16H17NO2. The number of allylic oxidation sites excluding steroid dienone is 4. The van der Waals surface area contributed by atoms with Crippen molar-refractivity contribution in [1.82, 2.24) is 0 Å². The SMILES string of the molecule is CC1=C(CCCc2ccco2)C(C)C(=O)C(C#N)=C1. The summed E-state index contributed by atoms with van der Waals surface area (Å²) in [7, 11) is 0. The molecule has 1 aliphatic carbocycles. The molecule has 0 spiro atoms. The minimum Gasteiger partial charge on any atom is -0.469 e. The number of hydrogen-bond donors (Lipinski definition) is 0. The largest absolute Gasteiger partial charge is 0.469 e. The molecule has 98 valence electrons. The lowest BCUT2D eigenvalue weighted by Gasteiger charge is -2.21. The van der Waals surface area contributed by atoms with Crippen LogP contribution in [0.4, 0.5) is 0 Å². The Kier molecular flexibility index (Phi) is 4.01. The van der Waals surface area contributed by atoms with Gasteiger partial charge >= 0.3 is 0 Å². The Morgan fingerprint density at radius 3 is 2.84 bits per heavy atom. The number of aryl methyl sites for hydroxylation is 1. The Hall–Kier alpha value is -2.08. The molecule has 3 heteroatoms. The van der Waals surface area contributed by atoms with Gasteiger partial charge in [0, 0.05) is 12.3 Å². The van der Waals surface area contributed by atoms with E-state index in [4.69, 9.17) is 9.68 Å². The number of Topliss-reactive ketones (excluding diaryl/α,β-unsaturated/α-hetero) is 1. The summed E-state index contributed by atoms with van der Waals surface area (Å²) in [5.41, 5.74) is 2.48. The third kappa shape index (κ3) is 2.85. The molecule has 1 unspecified atom stereocenters. The molecule has 0 saturated carbocycles. The zero-order valence-corrected chi connectivity index (χ0v) is 11.3. The highest BCUT2D eigenvalue weighted by molar-refractivity contribution is 6.03. The molecule has 0 fully saturated rings. The van der Waals surface area contributed by atoms with Gasteiger partial charge in [-0.3, -0.25) is 4.79 Å². The van der Waals surface area contributed by atoms with Gasteiger partial charge in [-0.25, -0.2) is 0 Å². The Balaban J connectivity index is 2.04. The van der Waals surface area contributed by atoms with Gasteiger partial charge < -0.3 is 4.42 Å². The number of rotatable bonds is 4. The third-order valence-corrected chi connectivity index (χ3v) is 3.62. The molecule has 0 N–H and O–H groups in total. The lowest BCUT2D eigenvalue weighted by atomic mass is 9.81. The van der Waals surface area contributed by atoms with Crippen molar-refractivity contribution in [2.75, 3.05) is 0 Å². The maximum Gasteiger partial charge on any atom is 0.180 e. The molecule has 3 nitrogen and oxygen atoms in total. The van der Waals surface area contributed by atoms with E-state index in [0.29, 0.717) is 0 Å². The first-order valence-electron chi connectivity index (χ1n) is 6.51. The van der Waals surface area contributed by atoms with Gasteiger partial charge in [0.2, 0.25) is 0 Å². The van der Waals surface area contributed by atoms with E-state index in [1.54, 1.807) is 12.3 Å². The van der Waals surface area contributed by atoms with Crippen LogP contribution < -0.4 is 0 Å². The van der Waals surface area contributed by atoms with Crippen LogP contribution in [0.2, 0.25) is 0 Å². The van der Waals surface area contributed by atoms with E-state index >= 15 is 0 Å². The van der Waals surface area contributed by atoms with E-state index < -0.39 is 0 Å². The van der Waals surface area contributed by atoms with Gasteiger partial charge in [-0.15, -0.1) is 0 Å². The minimum absolute atomic E-state index is 0.0545. The first-order chi connectivity index (χ1) is 9.13. The second-order valence-electron chi connectivity index (χ2n) is 4.90. The Bertz CT molecular complexity index is 570. The summed E-state index contributed by atoms with van der Waals surface area (Å²) in [6.45, 7) is 3.86. The fourth-order valence-electron chi connectivity index (χ4n) is 2.52. The maximum atomic E-state index is 12.0. The van der Waals surface area contributed by atoms with E-state index in [9.17, 15) is 4.79 Å². The number of hydrogen-bond acceptors (Lipinski definition) is 3. The molecule has 1 aromatic heterocycles. The normalized spacial score (nSPS) is 19.3. The average Bonchev–Trinajstić information content (AvgIpc) is 2.91. The molecular weight excluding hydrogens is 238 g/mol. The summed E-state index contributed by atoms with van der Waals surface area (Å²) in [6.07, 6.45) is 6.08. The van der Waals surface area contributed by atoms with Crippen LogP contribution in [0.1, 0.15) is 32.4 Å². The molecule has 1 atom stereocenters. The fraction of sp³-hybridized carbons (Fsp3) is 0.375. The first-order valence-corrected chi connectivity index (χ1v) is 6.51. The molecule has 1 aliphatic rings. The Morgan fingerprint density at radius 2 is 2.21 bits per heavy atom. The highest BCUT2D eigenvalue weighted by atomic mass is 16.3. The third-order valence-electron chi connectivity index (χ3n) is 3.62. The average molecular weight is 255 g/mol. The fourth-order valence-corrected chi connectivity index (χ4v) is 2.52. The van der Waals surface area contributed by atoms with Gasteiger partial charge in [0.15, 0.2) is 5.78 Å². The van der Waals surface area contributed by atoms with Crippen LogP contribution in [0, 0.1) is 17.2 Å². The maximum absolute atomic E-state index is 12.0. The van der Waals surface area contributed by atoms with Gasteiger partial charge in [0.25, 0.3) is 0 Å². The molecule has 2 rings (SSSR count). The summed E-state index contributed by atoms with van der Waals surface area (Å²) in [4.78, 5) is 12.0. The van der Waals surface area contributed by atoms with Crippen LogP contribution in [0.25, 0.3) is 0 Å². The zero-order chi connectivity index (χ0) is 13.8. The predicted molar refractivity (Wildman–Crippen MR) is 72.2 cm³/mol.